The zero-order valence-electron chi connectivity index (χ0n) is 15.3. The highest BCUT2D eigenvalue weighted by molar-refractivity contribution is 5.77. The maximum Gasteiger partial charge on any atom is 0.258 e. The van der Waals surface area contributed by atoms with E-state index < -0.39 is 0 Å². The number of hydrogen-bond donors (Lipinski definition) is 1. The van der Waals surface area contributed by atoms with Gasteiger partial charge in [-0.1, -0.05) is 50.1 Å². The lowest BCUT2D eigenvalue weighted by Crippen LogP contribution is -2.43. The van der Waals surface area contributed by atoms with Crippen LogP contribution in [0.3, 0.4) is 0 Å². The zero-order valence-corrected chi connectivity index (χ0v) is 15.3. The van der Waals surface area contributed by atoms with Gasteiger partial charge in [-0.25, -0.2) is 0 Å². The number of carbonyl (C=O) groups is 1. The fourth-order valence-electron chi connectivity index (χ4n) is 3.30. The van der Waals surface area contributed by atoms with Gasteiger partial charge in [0, 0.05) is 6.04 Å². The van der Waals surface area contributed by atoms with Gasteiger partial charge in [0.15, 0.2) is 6.61 Å². The van der Waals surface area contributed by atoms with Gasteiger partial charge in [-0.3, -0.25) is 4.79 Å². The second-order valence-corrected chi connectivity index (χ2v) is 6.97. The van der Waals surface area contributed by atoms with Crippen LogP contribution >= 0.6 is 0 Å². The van der Waals surface area contributed by atoms with Crippen LogP contribution in [-0.4, -0.2) is 18.6 Å². The Morgan fingerprint density at radius 1 is 0.962 bits per heavy atom. The molecule has 0 aromatic heterocycles. The SMILES string of the molecule is C[C@H]1CCCC[C@H]1NC(=O)COc1ccc(OCc2ccccc2)cc1. The van der Waals surface area contributed by atoms with Crippen LogP contribution in [0.25, 0.3) is 0 Å². The van der Waals surface area contributed by atoms with Gasteiger partial charge in [-0.2, -0.15) is 0 Å². The molecule has 138 valence electrons. The molecular formula is C22H27NO3. The summed E-state index contributed by atoms with van der Waals surface area (Å²) >= 11 is 0. The van der Waals surface area contributed by atoms with Crippen LogP contribution in [0.2, 0.25) is 0 Å². The number of carbonyl (C=O) groups excluding carboxylic acids is 1. The quantitative estimate of drug-likeness (QED) is 0.805. The smallest absolute Gasteiger partial charge is 0.258 e. The lowest BCUT2D eigenvalue weighted by molar-refractivity contribution is -0.124. The van der Waals surface area contributed by atoms with Gasteiger partial charge < -0.3 is 14.8 Å². The Labute approximate surface area is 155 Å². The molecule has 0 heterocycles. The molecule has 4 nitrogen and oxygen atoms in total. The van der Waals surface area contributed by atoms with Crippen molar-refractivity contribution in [2.45, 2.75) is 45.3 Å². The molecule has 0 aliphatic heterocycles. The first-order valence-electron chi connectivity index (χ1n) is 9.39. The van der Waals surface area contributed by atoms with Crippen molar-refractivity contribution < 1.29 is 14.3 Å². The molecule has 2 aromatic carbocycles. The second-order valence-electron chi connectivity index (χ2n) is 6.97. The summed E-state index contributed by atoms with van der Waals surface area (Å²) in [6, 6.07) is 17.7. The van der Waals surface area contributed by atoms with Crippen molar-refractivity contribution in [1.29, 1.82) is 0 Å². The monoisotopic (exact) mass is 353 g/mol. The number of amides is 1. The molecule has 3 rings (SSSR count). The molecule has 0 unspecified atom stereocenters. The van der Waals surface area contributed by atoms with Crippen LogP contribution in [0, 0.1) is 5.92 Å². The van der Waals surface area contributed by atoms with Crippen molar-refractivity contribution in [1.82, 2.24) is 5.32 Å². The molecule has 1 N–H and O–H groups in total. The third-order valence-corrected chi connectivity index (χ3v) is 4.90. The van der Waals surface area contributed by atoms with Crippen LogP contribution in [0.4, 0.5) is 0 Å². The summed E-state index contributed by atoms with van der Waals surface area (Å²) in [6.45, 7) is 2.79. The summed E-state index contributed by atoms with van der Waals surface area (Å²) in [5.41, 5.74) is 1.13. The molecule has 0 radical (unpaired) electrons. The molecule has 1 saturated carbocycles. The summed E-state index contributed by atoms with van der Waals surface area (Å²) in [4.78, 5) is 12.1. The van der Waals surface area contributed by atoms with E-state index in [0.29, 0.717) is 18.3 Å². The second kappa shape index (κ2) is 9.27. The van der Waals surface area contributed by atoms with Crippen LogP contribution in [0.5, 0.6) is 11.5 Å². The van der Waals surface area contributed by atoms with Crippen molar-refractivity contribution in [3.63, 3.8) is 0 Å². The first-order chi connectivity index (χ1) is 12.7. The van der Waals surface area contributed by atoms with Gasteiger partial charge in [0.25, 0.3) is 5.91 Å². The summed E-state index contributed by atoms with van der Waals surface area (Å²) < 4.78 is 11.3. The number of hydrogen-bond acceptors (Lipinski definition) is 3. The van der Waals surface area contributed by atoms with Gasteiger partial charge >= 0.3 is 0 Å². The Bertz CT molecular complexity index is 684. The van der Waals surface area contributed by atoms with Crippen molar-refractivity contribution in [2.75, 3.05) is 6.61 Å². The molecule has 26 heavy (non-hydrogen) atoms. The minimum atomic E-state index is -0.0480. The van der Waals surface area contributed by atoms with E-state index in [1.807, 2.05) is 54.6 Å². The Morgan fingerprint density at radius 3 is 2.31 bits per heavy atom. The van der Waals surface area contributed by atoms with Gasteiger partial charge in [-0.05, 0) is 48.6 Å². The molecule has 4 heteroatoms. The maximum atomic E-state index is 12.1. The topological polar surface area (TPSA) is 47.6 Å². The highest BCUT2D eigenvalue weighted by Crippen LogP contribution is 2.23. The number of rotatable bonds is 7. The highest BCUT2D eigenvalue weighted by Gasteiger charge is 2.22. The number of nitrogens with one attached hydrogen (secondary N) is 1. The summed E-state index contributed by atoms with van der Waals surface area (Å²) in [5.74, 6) is 1.95. The van der Waals surface area contributed by atoms with E-state index in [-0.39, 0.29) is 18.6 Å². The van der Waals surface area contributed by atoms with Gasteiger partial charge in [0.05, 0.1) is 0 Å². The molecule has 1 aliphatic carbocycles. The van der Waals surface area contributed by atoms with E-state index >= 15 is 0 Å². The Kier molecular flexibility index (Phi) is 6.53. The normalized spacial score (nSPS) is 19.6. The first kappa shape index (κ1) is 18.3. The fourth-order valence-corrected chi connectivity index (χ4v) is 3.30. The van der Waals surface area contributed by atoms with Gasteiger partial charge in [-0.15, -0.1) is 0 Å². The largest absolute Gasteiger partial charge is 0.489 e. The van der Waals surface area contributed by atoms with E-state index in [1.54, 1.807) is 0 Å². The zero-order chi connectivity index (χ0) is 18.2. The molecular weight excluding hydrogens is 326 g/mol. The van der Waals surface area contributed by atoms with E-state index in [0.717, 1.165) is 17.7 Å². The third kappa shape index (κ3) is 5.51. The Hall–Kier alpha value is -2.49. The molecule has 0 bridgehead atoms. The van der Waals surface area contributed by atoms with Crippen molar-refractivity contribution >= 4 is 5.91 Å². The van der Waals surface area contributed by atoms with Crippen LogP contribution in [0.15, 0.2) is 54.6 Å². The van der Waals surface area contributed by atoms with Gasteiger partial charge in [0.2, 0.25) is 0 Å². The van der Waals surface area contributed by atoms with Crippen molar-refractivity contribution in [3.8, 4) is 11.5 Å². The average Bonchev–Trinajstić information content (AvgIpc) is 2.68. The lowest BCUT2D eigenvalue weighted by Gasteiger charge is -2.29. The van der Waals surface area contributed by atoms with Crippen LogP contribution in [-0.2, 0) is 11.4 Å². The molecule has 1 aliphatic rings. The molecule has 2 aromatic rings. The molecule has 0 spiro atoms. The summed E-state index contributed by atoms with van der Waals surface area (Å²) in [6.07, 6.45) is 4.72. The van der Waals surface area contributed by atoms with Gasteiger partial charge in [0.1, 0.15) is 18.1 Å². The Balaban J connectivity index is 1.41. The number of ether oxygens (including phenoxy) is 2. The minimum absolute atomic E-state index is 0.0480. The van der Waals surface area contributed by atoms with Crippen molar-refractivity contribution in [3.05, 3.63) is 60.2 Å². The van der Waals surface area contributed by atoms with E-state index in [2.05, 4.69) is 12.2 Å². The van der Waals surface area contributed by atoms with Crippen molar-refractivity contribution in [2.24, 2.45) is 5.92 Å². The third-order valence-electron chi connectivity index (χ3n) is 4.90. The molecule has 0 saturated heterocycles. The summed E-state index contributed by atoms with van der Waals surface area (Å²) in [5, 5.41) is 3.10. The average molecular weight is 353 g/mol. The highest BCUT2D eigenvalue weighted by atomic mass is 16.5. The predicted molar refractivity (Wildman–Crippen MR) is 102 cm³/mol. The first-order valence-corrected chi connectivity index (χ1v) is 9.39. The fraction of sp³-hybridized carbons (Fsp3) is 0.409. The van der Waals surface area contributed by atoms with E-state index in [9.17, 15) is 4.79 Å². The lowest BCUT2D eigenvalue weighted by atomic mass is 9.86. The number of benzene rings is 2. The molecule has 1 fully saturated rings. The standard InChI is InChI=1S/C22H27NO3/c1-17-7-5-6-10-21(17)23-22(24)16-26-20-13-11-19(12-14-20)25-15-18-8-3-2-4-9-18/h2-4,8-9,11-14,17,21H,5-7,10,15-16H2,1H3,(H,23,24)/t17-,21+/m0/s1. The minimum Gasteiger partial charge on any atom is -0.489 e. The Morgan fingerprint density at radius 2 is 1.62 bits per heavy atom. The molecule has 1 amide bonds. The van der Waals surface area contributed by atoms with E-state index in [1.165, 1.54) is 19.3 Å². The molecule has 2 atom stereocenters. The summed E-state index contributed by atoms with van der Waals surface area (Å²) in [7, 11) is 0. The maximum absolute atomic E-state index is 12.1. The predicted octanol–water partition coefficient (Wildman–Crippen LogP) is 4.34. The van der Waals surface area contributed by atoms with Crippen LogP contribution in [0.1, 0.15) is 38.2 Å². The van der Waals surface area contributed by atoms with E-state index in [4.69, 9.17) is 9.47 Å². The van der Waals surface area contributed by atoms with Crippen LogP contribution < -0.4 is 14.8 Å².